The van der Waals surface area contributed by atoms with Crippen molar-refractivity contribution in [2.24, 2.45) is 17.0 Å². The topological polar surface area (TPSA) is 66.7 Å². The third-order valence-electron chi connectivity index (χ3n) is 3.27. The smallest absolute Gasteiger partial charge is 0.200 e. The molecular formula is C14H21NO3S. The summed E-state index contributed by atoms with van der Waals surface area (Å²) in [5, 5.41) is 11.3. The number of Topliss-reactive ketones (excluding diaryl/α,β-unsaturated/α-hetero) is 1. The summed E-state index contributed by atoms with van der Waals surface area (Å²) in [4.78, 5) is 24.4. The highest BCUT2D eigenvalue weighted by Crippen LogP contribution is 2.41. The molecule has 1 aliphatic heterocycles. The van der Waals surface area contributed by atoms with Gasteiger partial charge in [0.25, 0.3) is 0 Å². The molecule has 1 N–H and O–H groups in total. The molecule has 2 unspecified atom stereocenters. The molecule has 0 bridgehead atoms. The Kier molecular flexibility index (Phi) is 5.79. The van der Waals surface area contributed by atoms with Gasteiger partial charge in [0, 0.05) is 17.4 Å². The van der Waals surface area contributed by atoms with Crippen molar-refractivity contribution < 1.29 is 14.8 Å². The summed E-state index contributed by atoms with van der Waals surface area (Å²) in [5.74, 6) is -0.552. The SMILES string of the molecule is C=CCC(CCC=NO)C1C(=O)CC(C)(C)SC1=O. The predicted octanol–water partition coefficient (Wildman–Crippen LogP) is 3.05. The van der Waals surface area contributed by atoms with Crippen LogP contribution in [-0.4, -0.2) is 27.1 Å². The molecule has 1 fully saturated rings. The first-order chi connectivity index (χ1) is 8.91. The number of nitrogens with zero attached hydrogens (tertiary/aromatic N) is 1. The molecule has 4 nitrogen and oxygen atoms in total. The summed E-state index contributed by atoms with van der Waals surface area (Å²) in [5.41, 5.74) is 0. The monoisotopic (exact) mass is 283 g/mol. The van der Waals surface area contributed by atoms with Gasteiger partial charge in [0.15, 0.2) is 5.12 Å². The molecule has 0 amide bonds. The molecule has 5 heteroatoms. The molecule has 0 aromatic rings. The fourth-order valence-electron chi connectivity index (χ4n) is 2.47. The van der Waals surface area contributed by atoms with Gasteiger partial charge in [-0.3, -0.25) is 9.59 Å². The van der Waals surface area contributed by atoms with E-state index in [4.69, 9.17) is 5.21 Å². The van der Waals surface area contributed by atoms with Gasteiger partial charge in [0.2, 0.25) is 0 Å². The van der Waals surface area contributed by atoms with Gasteiger partial charge < -0.3 is 5.21 Å². The Hall–Kier alpha value is -1.10. The number of oxime groups is 1. The van der Waals surface area contributed by atoms with E-state index in [1.165, 1.54) is 18.0 Å². The van der Waals surface area contributed by atoms with Gasteiger partial charge in [-0.2, -0.15) is 0 Å². The molecule has 0 spiro atoms. The Balaban J connectivity index is 2.80. The zero-order chi connectivity index (χ0) is 14.5. The highest BCUT2D eigenvalue weighted by molar-refractivity contribution is 8.15. The van der Waals surface area contributed by atoms with Crippen LogP contribution in [0.4, 0.5) is 0 Å². The van der Waals surface area contributed by atoms with Gasteiger partial charge in [0.05, 0.1) is 5.92 Å². The molecule has 19 heavy (non-hydrogen) atoms. The van der Waals surface area contributed by atoms with E-state index in [1.54, 1.807) is 6.08 Å². The fraction of sp³-hybridized carbons (Fsp3) is 0.643. The maximum atomic E-state index is 12.2. The summed E-state index contributed by atoms with van der Waals surface area (Å²) < 4.78 is -0.296. The minimum absolute atomic E-state index is 0.0292. The first-order valence-corrected chi connectivity index (χ1v) is 7.25. The number of thioether (sulfide) groups is 1. The molecule has 0 aromatic heterocycles. The molecule has 1 heterocycles. The van der Waals surface area contributed by atoms with Crippen molar-refractivity contribution in [2.75, 3.05) is 0 Å². The quantitative estimate of drug-likeness (QED) is 0.267. The second kappa shape index (κ2) is 6.89. The predicted molar refractivity (Wildman–Crippen MR) is 77.6 cm³/mol. The third kappa shape index (κ3) is 4.49. The Morgan fingerprint density at radius 1 is 1.58 bits per heavy atom. The molecule has 106 valence electrons. The number of ketones is 1. The first kappa shape index (κ1) is 16.0. The Morgan fingerprint density at radius 3 is 2.79 bits per heavy atom. The average molecular weight is 283 g/mol. The number of hydrogen-bond donors (Lipinski definition) is 1. The van der Waals surface area contributed by atoms with E-state index in [0.29, 0.717) is 25.7 Å². The minimum atomic E-state index is -0.539. The molecule has 0 aromatic carbocycles. The van der Waals surface area contributed by atoms with Crippen molar-refractivity contribution in [1.29, 1.82) is 0 Å². The van der Waals surface area contributed by atoms with E-state index >= 15 is 0 Å². The summed E-state index contributed by atoms with van der Waals surface area (Å²) in [6, 6.07) is 0. The molecule has 1 saturated heterocycles. The van der Waals surface area contributed by atoms with E-state index in [-0.39, 0.29) is 21.6 Å². The number of allylic oxidation sites excluding steroid dienone is 1. The molecular weight excluding hydrogens is 262 g/mol. The van der Waals surface area contributed by atoms with Crippen LogP contribution in [0, 0.1) is 11.8 Å². The van der Waals surface area contributed by atoms with Crippen molar-refractivity contribution in [2.45, 2.75) is 44.3 Å². The van der Waals surface area contributed by atoms with Crippen LogP contribution in [0.25, 0.3) is 0 Å². The highest BCUT2D eigenvalue weighted by atomic mass is 32.2. The van der Waals surface area contributed by atoms with Gasteiger partial charge in [0.1, 0.15) is 5.78 Å². The van der Waals surface area contributed by atoms with Gasteiger partial charge in [-0.15, -0.1) is 11.7 Å². The van der Waals surface area contributed by atoms with E-state index in [9.17, 15) is 9.59 Å². The lowest BCUT2D eigenvalue weighted by Gasteiger charge is -2.34. The Morgan fingerprint density at radius 2 is 2.26 bits per heavy atom. The Labute approximate surface area is 118 Å². The first-order valence-electron chi connectivity index (χ1n) is 6.43. The lowest BCUT2D eigenvalue weighted by molar-refractivity contribution is -0.132. The lowest BCUT2D eigenvalue weighted by atomic mass is 9.81. The zero-order valence-electron chi connectivity index (χ0n) is 11.5. The van der Waals surface area contributed by atoms with Crippen LogP contribution >= 0.6 is 11.8 Å². The van der Waals surface area contributed by atoms with Crippen LogP contribution in [0.1, 0.15) is 39.5 Å². The summed E-state index contributed by atoms with van der Waals surface area (Å²) in [6.07, 6.45) is 5.40. The number of hydrogen-bond acceptors (Lipinski definition) is 5. The van der Waals surface area contributed by atoms with Crippen molar-refractivity contribution >= 4 is 28.9 Å². The van der Waals surface area contributed by atoms with Crippen molar-refractivity contribution in [1.82, 2.24) is 0 Å². The maximum Gasteiger partial charge on any atom is 0.200 e. The molecule has 1 rings (SSSR count). The normalized spacial score (nSPS) is 24.6. The molecule has 0 radical (unpaired) electrons. The molecule has 0 saturated carbocycles. The van der Waals surface area contributed by atoms with E-state index < -0.39 is 5.92 Å². The highest BCUT2D eigenvalue weighted by Gasteiger charge is 2.43. The lowest BCUT2D eigenvalue weighted by Crippen LogP contribution is -2.40. The van der Waals surface area contributed by atoms with Gasteiger partial charge in [-0.1, -0.05) is 17.8 Å². The molecule has 2 atom stereocenters. The third-order valence-corrected chi connectivity index (χ3v) is 4.42. The van der Waals surface area contributed by atoms with Crippen molar-refractivity contribution in [3.8, 4) is 0 Å². The van der Waals surface area contributed by atoms with Gasteiger partial charge in [-0.05, 0) is 39.0 Å². The number of rotatable bonds is 6. The second-order valence-electron chi connectivity index (χ2n) is 5.46. The van der Waals surface area contributed by atoms with Crippen LogP contribution in [0.3, 0.4) is 0 Å². The number of carbonyl (C=O) groups is 2. The summed E-state index contributed by atoms with van der Waals surface area (Å²) in [6.45, 7) is 7.53. The van der Waals surface area contributed by atoms with Crippen LogP contribution in [0.2, 0.25) is 0 Å². The number of carbonyl (C=O) groups excluding carboxylic acids is 2. The van der Waals surface area contributed by atoms with Gasteiger partial charge in [-0.25, -0.2) is 0 Å². The van der Waals surface area contributed by atoms with Crippen molar-refractivity contribution in [3.05, 3.63) is 12.7 Å². The summed E-state index contributed by atoms with van der Waals surface area (Å²) >= 11 is 1.27. The van der Waals surface area contributed by atoms with Crippen LogP contribution in [0.15, 0.2) is 17.8 Å². The van der Waals surface area contributed by atoms with E-state index in [2.05, 4.69) is 11.7 Å². The van der Waals surface area contributed by atoms with Crippen molar-refractivity contribution in [3.63, 3.8) is 0 Å². The molecule has 1 aliphatic rings. The largest absolute Gasteiger partial charge is 0.411 e. The standard InChI is InChI=1S/C14H21NO3S/c1-4-6-10(7-5-8-15-18)12-11(16)9-14(2,3)19-13(12)17/h4,8,10,12,18H,1,5-7,9H2,2-3H3. The Bertz CT molecular complexity index is 370. The minimum Gasteiger partial charge on any atom is -0.411 e. The average Bonchev–Trinajstić information content (AvgIpc) is 2.26. The maximum absolute atomic E-state index is 12.2. The second-order valence-corrected chi connectivity index (χ2v) is 7.17. The van der Waals surface area contributed by atoms with E-state index in [1.807, 2.05) is 13.8 Å². The van der Waals surface area contributed by atoms with Crippen LogP contribution in [-0.2, 0) is 9.59 Å². The summed E-state index contributed by atoms with van der Waals surface area (Å²) in [7, 11) is 0. The zero-order valence-corrected chi connectivity index (χ0v) is 12.3. The van der Waals surface area contributed by atoms with Crippen LogP contribution in [0.5, 0.6) is 0 Å². The van der Waals surface area contributed by atoms with Crippen LogP contribution < -0.4 is 0 Å². The molecule has 0 aliphatic carbocycles. The van der Waals surface area contributed by atoms with Gasteiger partial charge >= 0.3 is 0 Å². The fourth-order valence-corrected chi connectivity index (χ4v) is 3.68. The van der Waals surface area contributed by atoms with E-state index in [0.717, 1.165) is 0 Å².